The molecule has 2 fully saturated rings. The molecule has 0 N–H and O–H groups in total. The van der Waals surface area contributed by atoms with Gasteiger partial charge in [0.15, 0.2) is 0 Å². The Balaban J connectivity index is 1.92. The van der Waals surface area contributed by atoms with Gasteiger partial charge in [-0.1, -0.05) is 0 Å². The van der Waals surface area contributed by atoms with E-state index in [1.807, 2.05) is 0 Å². The Kier molecular flexibility index (Phi) is 0.908. The van der Waals surface area contributed by atoms with E-state index in [9.17, 15) is 9.59 Å². The fourth-order valence-electron chi connectivity index (χ4n) is 2.10. The van der Waals surface area contributed by atoms with Crippen molar-refractivity contribution in [3.05, 3.63) is 0 Å². The van der Waals surface area contributed by atoms with Gasteiger partial charge in [-0.2, -0.15) is 0 Å². The molecule has 2 rings (SSSR count). The minimum Gasteiger partial charge on any atom is -0.300 e. The van der Waals surface area contributed by atoms with Gasteiger partial charge in [0.2, 0.25) is 0 Å². The Morgan fingerprint density at radius 1 is 0.900 bits per heavy atom. The van der Waals surface area contributed by atoms with Crippen LogP contribution in [0.3, 0.4) is 0 Å². The monoisotopic (exact) mass is 138 g/mol. The number of hydrogen-bond acceptors (Lipinski definition) is 2. The molecule has 2 aliphatic rings. The number of ketones is 2. The lowest BCUT2D eigenvalue weighted by Gasteiger charge is -2.03. The van der Waals surface area contributed by atoms with Crippen molar-refractivity contribution in [3.8, 4) is 0 Å². The Morgan fingerprint density at radius 2 is 1.20 bits per heavy atom. The van der Waals surface area contributed by atoms with Crippen LogP contribution in [0.5, 0.6) is 0 Å². The molecule has 2 aliphatic carbocycles. The van der Waals surface area contributed by atoms with Crippen LogP contribution in [0.2, 0.25) is 0 Å². The first-order valence-electron chi connectivity index (χ1n) is 3.65. The minimum absolute atomic E-state index is 0.271. The van der Waals surface area contributed by atoms with E-state index in [-0.39, 0.29) is 23.4 Å². The van der Waals surface area contributed by atoms with Crippen molar-refractivity contribution in [1.29, 1.82) is 0 Å². The van der Waals surface area contributed by atoms with E-state index >= 15 is 0 Å². The molecule has 0 spiro atoms. The van der Waals surface area contributed by atoms with Crippen LogP contribution in [0.15, 0.2) is 0 Å². The molecule has 0 bridgehead atoms. The lowest BCUT2D eigenvalue weighted by Crippen LogP contribution is -2.13. The molecule has 54 valence electrons. The fourth-order valence-corrected chi connectivity index (χ4v) is 2.10. The molecule has 0 heterocycles. The van der Waals surface area contributed by atoms with Gasteiger partial charge in [0, 0.05) is 11.8 Å². The second kappa shape index (κ2) is 1.49. The zero-order valence-corrected chi connectivity index (χ0v) is 6.13. The van der Waals surface area contributed by atoms with Crippen molar-refractivity contribution in [2.24, 2.45) is 23.7 Å². The molecule has 0 aromatic carbocycles. The normalized spacial score (nSPS) is 47.8. The van der Waals surface area contributed by atoms with E-state index < -0.39 is 0 Å². The maximum absolute atomic E-state index is 10.7. The molecular weight excluding hydrogens is 128 g/mol. The zero-order valence-electron chi connectivity index (χ0n) is 6.13. The van der Waals surface area contributed by atoms with Gasteiger partial charge in [-0.3, -0.25) is 9.59 Å². The molecule has 0 aromatic rings. The summed E-state index contributed by atoms with van der Waals surface area (Å²) in [4.78, 5) is 21.4. The standard InChI is InChI=1S/C8H10O2/c1-3(9)5-7-6(4(2)10)8(5)7/h5-8H,1-2H3. The van der Waals surface area contributed by atoms with Gasteiger partial charge in [0.1, 0.15) is 11.6 Å². The van der Waals surface area contributed by atoms with Crippen molar-refractivity contribution >= 4 is 11.6 Å². The lowest BCUT2D eigenvalue weighted by atomic mass is 9.99. The highest BCUT2D eigenvalue weighted by atomic mass is 16.1. The van der Waals surface area contributed by atoms with Crippen molar-refractivity contribution in [2.75, 3.05) is 0 Å². The summed E-state index contributed by atoms with van der Waals surface area (Å²) in [6, 6.07) is 0. The fraction of sp³-hybridized carbons (Fsp3) is 0.750. The summed E-state index contributed by atoms with van der Waals surface area (Å²) in [5.74, 6) is 2.02. The summed E-state index contributed by atoms with van der Waals surface area (Å²) in [6.07, 6.45) is 0. The number of rotatable bonds is 2. The van der Waals surface area contributed by atoms with Crippen LogP contribution < -0.4 is 0 Å². The molecule has 2 saturated carbocycles. The summed E-state index contributed by atoms with van der Waals surface area (Å²) < 4.78 is 0. The first-order valence-corrected chi connectivity index (χ1v) is 3.65. The predicted molar refractivity (Wildman–Crippen MR) is 35.3 cm³/mol. The Bertz CT molecular complexity index is 187. The van der Waals surface area contributed by atoms with E-state index in [4.69, 9.17) is 0 Å². The quantitative estimate of drug-likeness (QED) is 0.561. The van der Waals surface area contributed by atoms with E-state index in [1.165, 1.54) is 0 Å². The van der Waals surface area contributed by atoms with Gasteiger partial charge >= 0.3 is 0 Å². The van der Waals surface area contributed by atoms with Gasteiger partial charge < -0.3 is 0 Å². The topological polar surface area (TPSA) is 34.1 Å². The third-order valence-electron chi connectivity index (χ3n) is 2.76. The average molecular weight is 138 g/mol. The molecule has 0 unspecified atom stereocenters. The molecule has 0 aromatic heterocycles. The largest absolute Gasteiger partial charge is 0.300 e. The van der Waals surface area contributed by atoms with Crippen molar-refractivity contribution in [1.82, 2.24) is 0 Å². The van der Waals surface area contributed by atoms with Crippen LogP contribution in [0.1, 0.15) is 13.8 Å². The highest BCUT2D eigenvalue weighted by molar-refractivity contribution is 5.92. The van der Waals surface area contributed by atoms with Crippen LogP contribution in [0.25, 0.3) is 0 Å². The Hall–Kier alpha value is -0.660. The molecule has 0 atom stereocenters. The van der Waals surface area contributed by atoms with Gasteiger partial charge in [0.05, 0.1) is 0 Å². The van der Waals surface area contributed by atoms with Crippen LogP contribution in [-0.2, 0) is 9.59 Å². The van der Waals surface area contributed by atoms with Crippen molar-refractivity contribution < 1.29 is 9.59 Å². The van der Waals surface area contributed by atoms with E-state index in [0.29, 0.717) is 11.8 Å². The number of fused-ring (bicyclic) bond motifs is 1. The van der Waals surface area contributed by atoms with Gasteiger partial charge in [-0.25, -0.2) is 0 Å². The number of carbonyl (C=O) groups excluding carboxylic acids is 2. The smallest absolute Gasteiger partial charge is 0.133 e. The molecule has 10 heavy (non-hydrogen) atoms. The number of Topliss-reactive ketones (excluding diaryl/α,β-unsaturated/α-hetero) is 2. The number of hydrogen-bond donors (Lipinski definition) is 0. The van der Waals surface area contributed by atoms with Crippen LogP contribution in [0.4, 0.5) is 0 Å². The third-order valence-corrected chi connectivity index (χ3v) is 2.76. The van der Waals surface area contributed by atoms with E-state index in [2.05, 4.69) is 0 Å². The highest BCUT2D eigenvalue weighted by Crippen LogP contribution is 2.73. The lowest BCUT2D eigenvalue weighted by molar-refractivity contribution is -0.122. The van der Waals surface area contributed by atoms with Crippen LogP contribution in [0, 0.1) is 23.7 Å². The van der Waals surface area contributed by atoms with Crippen molar-refractivity contribution in [2.45, 2.75) is 13.8 Å². The first-order chi connectivity index (χ1) is 4.64. The summed E-state index contributed by atoms with van der Waals surface area (Å²) >= 11 is 0. The minimum atomic E-state index is 0.271. The van der Waals surface area contributed by atoms with Gasteiger partial charge in [0.25, 0.3) is 0 Å². The van der Waals surface area contributed by atoms with E-state index in [0.717, 1.165) is 0 Å². The SMILES string of the molecule is CC(=O)C1C2C(C(C)=O)C12. The number of carbonyl (C=O) groups is 2. The molecule has 0 aliphatic heterocycles. The summed E-state index contributed by atoms with van der Waals surface area (Å²) in [5, 5.41) is 0. The molecule has 2 nitrogen and oxygen atoms in total. The molecule has 0 saturated heterocycles. The van der Waals surface area contributed by atoms with Crippen molar-refractivity contribution in [3.63, 3.8) is 0 Å². The molecule has 0 radical (unpaired) electrons. The second-order valence-electron chi connectivity index (χ2n) is 3.43. The maximum atomic E-state index is 10.7. The predicted octanol–water partition coefficient (Wildman–Crippen LogP) is 0.656. The maximum Gasteiger partial charge on any atom is 0.133 e. The Labute approximate surface area is 59.6 Å². The molecular formula is C8H10O2. The van der Waals surface area contributed by atoms with Gasteiger partial charge in [-0.15, -0.1) is 0 Å². The van der Waals surface area contributed by atoms with Gasteiger partial charge in [-0.05, 0) is 25.7 Å². The summed E-state index contributed by atoms with van der Waals surface area (Å²) in [5.41, 5.74) is 0. The van der Waals surface area contributed by atoms with Crippen LogP contribution in [-0.4, -0.2) is 11.6 Å². The van der Waals surface area contributed by atoms with Crippen LogP contribution >= 0.6 is 0 Å². The average Bonchev–Trinajstić information content (AvgIpc) is 2.40. The zero-order chi connectivity index (χ0) is 7.46. The third kappa shape index (κ3) is 0.542. The van der Waals surface area contributed by atoms with E-state index in [1.54, 1.807) is 13.8 Å². The first kappa shape index (κ1) is 6.08. The summed E-state index contributed by atoms with van der Waals surface area (Å²) in [6.45, 7) is 3.24. The molecule has 2 heteroatoms. The molecule has 0 amide bonds. The second-order valence-corrected chi connectivity index (χ2v) is 3.43. The Morgan fingerprint density at radius 3 is 1.40 bits per heavy atom. The summed E-state index contributed by atoms with van der Waals surface area (Å²) in [7, 11) is 0. The highest BCUT2D eigenvalue weighted by Gasteiger charge is 2.76.